The molecule has 26 heavy (non-hydrogen) atoms. The molecule has 1 aromatic carbocycles. The van der Waals surface area contributed by atoms with E-state index in [0.29, 0.717) is 12.5 Å². The van der Waals surface area contributed by atoms with Crippen LogP contribution < -0.4 is 9.64 Å². The van der Waals surface area contributed by atoms with Crippen molar-refractivity contribution in [2.45, 2.75) is 32.6 Å². The number of hydrogen-bond acceptors (Lipinski definition) is 7. The van der Waals surface area contributed by atoms with Crippen molar-refractivity contribution in [2.24, 2.45) is 0 Å². The molecule has 1 amide bonds. The first-order valence-corrected chi connectivity index (χ1v) is 7.91. The van der Waals surface area contributed by atoms with E-state index in [1.165, 1.54) is 4.90 Å². The molecule has 11 nitrogen and oxygen atoms in total. The van der Waals surface area contributed by atoms with Crippen LogP contribution in [0.15, 0.2) is 6.07 Å². The lowest BCUT2D eigenvalue weighted by Crippen LogP contribution is -2.29. The van der Waals surface area contributed by atoms with Gasteiger partial charge in [0.25, 0.3) is 5.69 Å². The standard InChI is InChI=1S/C15H17N3O8/c1-2-3-4-12(19)16-6-5-9-14(16)10(17(22)23)7-11(18(24)25)15(9)26-8-13(20)21/h7H,2-6,8H2,1H3,(H,20,21). The number of nitro groups is 2. The van der Waals surface area contributed by atoms with Crippen molar-refractivity contribution in [3.8, 4) is 5.75 Å². The highest BCUT2D eigenvalue weighted by atomic mass is 16.6. The van der Waals surface area contributed by atoms with Gasteiger partial charge >= 0.3 is 11.7 Å². The lowest BCUT2D eigenvalue weighted by atomic mass is 10.1. The summed E-state index contributed by atoms with van der Waals surface area (Å²) in [6.07, 6.45) is 1.66. The van der Waals surface area contributed by atoms with Crippen molar-refractivity contribution in [2.75, 3.05) is 18.1 Å². The van der Waals surface area contributed by atoms with Gasteiger partial charge < -0.3 is 14.7 Å². The molecule has 0 radical (unpaired) electrons. The maximum Gasteiger partial charge on any atom is 0.341 e. The van der Waals surface area contributed by atoms with Crippen LogP contribution in [0, 0.1) is 20.2 Å². The second-order valence-corrected chi connectivity index (χ2v) is 5.67. The number of carbonyl (C=O) groups is 2. The third-order valence-corrected chi connectivity index (χ3v) is 3.94. The molecule has 1 aromatic rings. The van der Waals surface area contributed by atoms with Crippen LogP contribution in [0.3, 0.4) is 0 Å². The van der Waals surface area contributed by atoms with Crippen molar-refractivity contribution in [1.29, 1.82) is 0 Å². The molecule has 1 aliphatic heterocycles. The highest BCUT2D eigenvalue weighted by Crippen LogP contribution is 2.47. The third-order valence-electron chi connectivity index (χ3n) is 3.94. The monoisotopic (exact) mass is 367 g/mol. The zero-order valence-electron chi connectivity index (χ0n) is 14.0. The van der Waals surface area contributed by atoms with E-state index in [1.54, 1.807) is 0 Å². The molecular weight excluding hydrogens is 350 g/mol. The number of nitro benzene ring substituents is 2. The summed E-state index contributed by atoms with van der Waals surface area (Å²) in [4.78, 5) is 45.4. The number of fused-ring (bicyclic) bond motifs is 1. The number of hydrogen-bond donors (Lipinski definition) is 1. The van der Waals surface area contributed by atoms with E-state index in [1.807, 2.05) is 6.92 Å². The molecule has 0 saturated heterocycles. The second-order valence-electron chi connectivity index (χ2n) is 5.67. The fourth-order valence-electron chi connectivity index (χ4n) is 2.83. The molecule has 1 aliphatic rings. The molecule has 140 valence electrons. The number of carboxylic acid groups (broad SMARTS) is 1. The van der Waals surface area contributed by atoms with E-state index >= 15 is 0 Å². The summed E-state index contributed by atoms with van der Waals surface area (Å²) in [5.74, 6) is -2.02. The van der Waals surface area contributed by atoms with E-state index in [9.17, 15) is 29.8 Å². The molecule has 0 aliphatic carbocycles. The number of amides is 1. The predicted molar refractivity (Wildman–Crippen MR) is 88.5 cm³/mol. The predicted octanol–water partition coefficient (Wildman–Crippen LogP) is 2.05. The number of rotatable bonds is 8. The minimum atomic E-state index is -1.35. The summed E-state index contributed by atoms with van der Waals surface area (Å²) in [5.41, 5.74) is -1.21. The summed E-state index contributed by atoms with van der Waals surface area (Å²) >= 11 is 0. The van der Waals surface area contributed by atoms with E-state index in [-0.39, 0.29) is 42.3 Å². The minimum absolute atomic E-state index is 0.0536. The Morgan fingerprint density at radius 3 is 2.46 bits per heavy atom. The van der Waals surface area contributed by atoms with Crippen molar-refractivity contribution in [3.05, 3.63) is 31.9 Å². The van der Waals surface area contributed by atoms with E-state index in [0.717, 1.165) is 6.42 Å². The summed E-state index contributed by atoms with van der Waals surface area (Å²) in [7, 11) is 0. The molecule has 0 spiro atoms. The number of unbranched alkanes of at least 4 members (excludes halogenated alkanes) is 1. The van der Waals surface area contributed by atoms with E-state index in [4.69, 9.17) is 9.84 Å². The SMILES string of the molecule is CCCCC(=O)N1CCc2c(OCC(=O)O)c([N+](=O)[O-])cc([N+](=O)[O-])c21. The first-order chi connectivity index (χ1) is 12.3. The number of carboxylic acids is 1. The zero-order chi connectivity index (χ0) is 19.4. The lowest BCUT2D eigenvalue weighted by molar-refractivity contribution is -0.394. The second kappa shape index (κ2) is 7.76. The highest BCUT2D eigenvalue weighted by molar-refractivity contribution is 5.99. The van der Waals surface area contributed by atoms with Gasteiger partial charge in [-0.15, -0.1) is 0 Å². The molecular formula is C15H17N3O8. The van der Waals surface area contributed by atoms with Crippen LogP contribution in [0.1, 0.15) is 31.7 Å². The van der Waals surface area contributed by atoms with Gasteiger partial charge in [-0.25, -0.2) is 4.79 Å². The van der Waals surface area contributed by atoms with Gasteiger partial charge in [-0.1, -0.05) is 13.3 Å². The highest BCUT2D eigenvalue weighted by Gasteiger charge is 2.39. The molecule has 0 atom stereocenters. The number of nitrogens with zero attached hydrogens (tertiary/aromatic N) is 3. The first kappa shape index (κ1) is 19.1. The van der Waals surface area contributed by atoms with Gasteiger partial charge in [-0.05, 0) is 12.8 Å². The van der Waals surface area contributed by atoms with Gasteiger partial charge in [-0.2, -0.15) is 0 Å². The maximum atomic E-state index is 12.4. The third kappa shape index (κ3) is 3.71. The Labute approximate surface area is 147 Å². The molecule has 11 heteroatoms. The largest absolute Gasteiger partial charge is 0.479 e. The molecule has 0 bridgehead atoms. The Morgan fingerprint density at radius 2 is 1.92 bits per heavy atom. The van der Waals surface area contributed by atoms with Crippen LogP contribution in [0.4, 0.5) is 17.1 Å². The van der Waals surface area contributed by atoms with Crippen molar-refractivity contribution in [1.82, 2.24) is 0 Å². The normalized spacial score (nSPS) is 12.6. The summed E-state index contributed by atoms with van der Waals surface area (Å²) in [5, 5.41) is 31.4. The Morgan fingerprint density at radius 1 is 1.27 bits per heavy atom. The van der Waals surface area contributed by atoms with Crippen molar-refractivity contribution < 1.29 is 29.3 Å². The minimum Gasteiger partial charge on any atom is -0.479 e. The van der Waals surface area contributed by atoms with E-state index < -0.39 is 33.8 Å². The average Bonchev–Trinajstić information content (AvgIpc) is 3.01. The van der Waals surface area contributed by atoms with Gasteiger partial charge in [0.2, 0.25) is 11.7 Å². The topological polar surface area (TPSA) is 153 Å². The summed E-state index contributed by atoms with van der Waals surface area (Å²) in [6, 6.07) is 0.710. The van der Waals surface area contributed by atoms with Crippen molar-refractivity contribution in [3.63, 3.8) is 0 Å². The quantitative estimate of drug-likeness (QED) is 0.541. The van der Waals surface area contributed by atoms with Gasteiger partial charge in [-0.3, -0.25) is 25.0 Å². The van der Waals surface area contributed by atoms with Gasteiger partial charge in [0, 0.05) is 18.5 Å². The number of carbonyl (C=O) groups excluding carboxylic acids is 1. The van der Waals surface area contributed by atoms with Gasteiger partial charge in [0.15, 0.2) is 6.61 Å². The van der Waals surface area contributed by atoms with Gasteiger partial charge in [0.05, 0.1) is 9.85 Å². The fraction of sp³-hybridized carbons (Fsp3) is 0.467. The molecule has 1 heterocycles. The van der Waals surface area contributed by atoms with Crippen LogP contribution in [-0.4, -0.2) is 40.0 Å². The van der Waals surface area contributed by atoms with Crippen LogP contribution >= 0.6 is 0 Å². The lowest BCUT2D eigenvalue weighted by Gasteiger charge is -2.18. The van der Waals surface area contributed by atoms with Crippen molar-refractivity contribution >= 4 is 28.9 Å². The zero-order valence-corrected chi connectivity index (χ0v) is 14.0. The Bertz CT molecular complexity index is 777. The van der Waals surface area contributed by atoms with Crippen LogP contribution in [0.5, 0.6) is 5.75 Å². The molecule has 0 fully saturated rings. The van der Waals surface area contributed by atoms with Crippen LogP contribution in [-0.2, 0) is 16.0 Å². The van der Waals surface area contributed by atoms with Crippen LogP contribution in [0.25, 0.3) is 0 Å². The van der Waals surface area contributed by atoms with Gasteiger partial charge in [0.1, 0.15) is 11.8 Å². The first-order valence-electron chi connectivity index (χ1n) is 7.91. The summed E-state index contributed by atoms with van der Waals surface area (Å²) < 4.78 is 5.04. The number of benzene rings is 1. The molecule has 0 saturated carbocycles. The number of aliphatic carboxylic acids is 1. The molecule has 0 unspecified atom stereocenters. The summed E-state index contributed by atoms with van der Waals surface area (Å²) in [6.45, 7) is 1.17. The molecule has 1 N–H and O–H groups in total. The van der Waals surface area contributed by atoms with E-state index in [2.05, 4.69) is 0 Å². The molecule has 0 aromatic heterocycles. The molecule has 2 rings (SSSR count). The maximum absolute atomic E-state index is 12.4. The fourth-order valence-corrected chi connectivity index (χ4v) is 2.83. The number of anilines is 1. The average molecular weight is 367 g/mol. The smallest absolute Gasteiger partial charge is 0.341 e. The van der Waals surface area contributed by atoms with Crippen LogP contribution in [0.2, 0.25) is 0 Å². The Balaban J connectivity index is 2.59. The Hall–Kier alpha value is -3.24. The Kier molecular flexibility index (Phi) is 5.70. The number of ether oxygens (including phenoxy) is 1.